The summed E-state index contributed by atoms with van der Waals surface area (Å²) in [6.07, 6.45) is 0.546. The summed E-state index contributed by atoms with van der Waals surface area (Å²) in [6, 6.07) is 5.06. The van der Waals surface area contributed by atoms with Crippen LogP contribution in [-0.4, -0.2) is 34.8 Å². The first-order valence-electron chi connectivity index (χ1n) is 6.99. The van der Waals surface area contributed by atoms with E-state index in [1.54, 1.807) is 18.2 Å². The van der Waals surface area contributed by atoms with E-state index in [-0.39, 0.29) is 30.6 Å². The second kappa shape index (κ2) is 7.85. The predicted molar refractivity (Wildman–Crippen MR) is 77.8 cm³/mol. The molecule has 0 radical (unpaired) electrons. The lowest BCUT2D eigenvalue weighted by Crippen LogP contribution is -2.39. The summed E-state index contributed by atoms with van der Waals surface area (Å²) in [4.78, 5) is 16.4. The fourth-order valence-electron chi connectivity index (χ4n) is 1.80. The van der Waals surface area contributed by atoms with Crippen molar-refractivity contribution in [1.82, 2.24) is 10.3 Å². The molecular weight excluding hydrogens is 256 g/mol. The van der Waals surface area contributed by atoms with Gasteiger partial charge in [-0.15, -0.1) is 0 Å². The van der Waals surface area contributed by atoms with Gasteiger partial charge in [-0.05, 0) is 32.3 Å². The van der Waals surface area contributed by atoms with Gasteiger partial charge in [0.05, 0.1) is 6.10 Å². The van der Waals surface area contributed by atoms with Crippen LogP contribution in [-0.2, 0) is 0 Å². The van der Waals surface area contributed by atoms with Crippen molar-refractivity contribution in [2.45, 2.75) is 46.3 Å². The first-order chi connectivity index (χ1) is 9.43. The molecule has 1 amide bonds. The molecule has 1 atom stereocenters. The van der Waals surface area contributed by atoms with Crippen molar-refractivity contribution >= 4 is 5.91 Å². The van der Waals surface area contributed by atoms with Crippen LogP contribution in [0.1, 0.15) is 44.6 Å². The highest BCUT2D eigenvalue weighted by atomic mass is 16.5. The molecule has 0 aliphatic carbocycles. The van der Waals surface area contributed by atoms with Crippen molar-refractivity contribution in [3.8, 4) is 5.88 Å². The van der Waals surface area contributed by atoms with E-state index in [0.29, 0.717) is 18.0 Å². The smallest absolute Gasteiger partial charge is 0.270 e. The third-order valence-corrected chi connectivity index (χ3v) is 2.87. The minimum atomic E-state index is -0.244. The zero-order valence-electron chi connectivity index (χ0n) is 12.6. The molecule has 0 aliphatic heterocycles. The molecule has 0 spiro atoms. The topological polar surface area (TPSA) is 71.5 Å². The lowest BCUT2D eigenvalue weighted by atomic mass is 10.0. The van der Waals surface area contributed by atoms with Crippen molar-refractivity contribution in [1.29, 1.82) is 0 Å². The predicted octanol–water partition coefficient (Wildman–Crippen LogP) is 2.01. The Labute approximate surface area is 120 Å². The van der Waals surface area contributed by atoms with Crippen LogP contribution in [0.25, 0.3) is 0 Å². The SMILES string of the molecule is CC(C)Oc1cccc(C(=O)NC(CCO)C(C)C)n1. The van der Waals surface area contributed by atoms with Crippen molar-refractivity contribution in [3.05, 3.63) is 23.9 Å². The first-order valence-corrected chi connectivity index (χ1v) is 6.99. The van der Waals surface area contributed by atoms with E-state index in [1.807, 2.05) is 27.7 Å². The number of hydrogen-bond donors (Lipinski definition) is 2. The zero-order chi connectivity index (χ0) is 15.1. The molecule has 1 aromatic heterocycles. The molecule has 112 valence electrons. The Balaban J connectivity index is 2.75. The summed E-state index contributed by atoms with van der Waals surface area (Å²) in [5.74, 6) is 0.448. The summed E-state index contributed by atoms with van der Waals surface area (Å²) in [5.41, 5.74) is 0.326. The Bertz CT molecular complexity index is 433. The third-order valence-electron chi connectivity index (χ3n) is 2.87. The highest BCUT2D eigenvalue weighted by molar-refractivity contribution is 5.92. The number of hydrogen-bond acceptors (Lipinski definition) is 4. The van der Waals surface area contributed by atoms with Gasteiger partial charge in [0.1, 0.15) is 5.69 Å². The standard InChI is InChI=1S/C15H24N2O3/c1-10(2)12(8-9-18)17-15(19)13-6-5-7-14(16-13)20-11(3)4/h5-7,10-12,18H,8-9H2,1-4H3,(H,17,19). The molecule has 0 saturated heterocycles. The number of aliphatic hydroxyl groups is 1. The van der Waals surface area contributed by atoms with Gasteiger partial charge < -0.3 is 15.2 Å². The van der Waals surface area contributed by atoms with Crippen LogP contribution in [0.2, 0.25) is 0 Å². The fraction of sp³-hybridized carbons (Fsp3) is 0.600. The van der Waals surface area contributed by atoms with Gasteiger partial charge in [0.25, 0.3) is 5.91 Å². The van der Waals surface area contributed by atoms with Gasteiger partial charge in [-0.25, -0.2) is 4.98 Å². The Hall–Kier alpha value is -1.62. The van der Waals surface area contributed by atoms with E-state index in [2.05, 4.69) is 10.3 Å². The Morgan fingerprint density at radius 2 is 2.05 bits per heavy atom. The van der Waals surface area contributed by atoms with Crippen LogP contribution in [0.15, 0.2) is 18.2 Å². The lowest BCUT2D eigenvalue weighted by molar-refractivity contribution is 0.0909. The molecule has 2 N–H and O–H groups in total. The number of rotatable bonds is 7. The van der Waals surface area contributed by atoms with Crippen molar-refractivity contribution in [2.24, 2.45) is 5.92 Å². The Kier molecular flexibility index (Phi) is 6.45. The number of nitrogens with zero attached hydrogens (tertiary/aromatic N) is 1. The Morgan fingerprint density at radius 3 is 2.60 bits per heavy atom. The zero-order valence-corrected chi connectivity index (χ0v) is 12.6. The first kappa shape index (κ1) is 16.4. The van der Waals surface area contributed by atoms with E-state index in [1.165, 1.54) is 0 Å². The molecule has 0 fully saturated rings. The van der Waals surface area contributed by atoms with Crippen LogP contribution in [0.5, 0.6) is 5.88 Å². The molecule has 0 saturated carbocycles. The van der Waals surface area contributed by atoms with Gasteiger partial charge in [-0.1, -0.05) is 19.9 Å². The molecular formula is C15H24N2O3. The number of carbonyl (C=O) groups is 1. The molecule has 1 rings (SSSR count). The van der Waals surface area contributed by atoms with Gasteiger partial charge in [-0.2, -0.15) is 0 Å². The minimum Gasteiger partial charge on any atom is -0.475 e. The maximum absolute atomic E-state index is 12.2. The molecule has 5 heteroatoms. The summed E-state index contributed by atoms with van der Waals surface area (Å²) >= 11 is 0. The van der Waals surface area contributed by atoms with Gasteiger partial charge in [0, 0.05) is 18.7 Å². The number of aliphatic hydroxyl groups excluding tert-OH is 1. The van der Waals surface area contributed by atoms with Crippen LogP contribution in [0.4, 0.5) is 0 Å². The number of aromatic nitrogens is 1. The van der Waals surface area contributed by atoms with E-state index >= 15 is 0 Å². The van der Waals surface area contributed by atoms with Gasteiger partial charge >= 0.3 is 0 Å². The van der Waals surface area contributed by atoms with Crippen LogP contribution < -0.4 is 10.1 Å². The van der Waals surface area contributed by atoms with Crippen molar-refractivity contribution in [3.63, 3.8) is 0 Å². The van der Waals surface area contributed by atoms with Crippen molar-refractivity contribution < 1.29 is 14.6 Å². The molecule has 0 aromatic carbocycles. The van der Waals surface area contributed by atoms with Gasteiger partial charge in [0.15, 0.2) is 0 Å². The lowest BCUT2D eigenvalue weighted by Gasteiger charge is -2.21. The van der Waals surface area contributed by atoms with Gasteiger partial charge in [-0.3, -0.25) is 4.79 Å². The number of nitrogens with one attached hydrogen (secondary N) is 1. The molecule has 1 heterocycles. The number of amides is 1. The maximum atomic E-state index is 12.2. The second-order valence-electron chi connectivity index (χ2n) is 5.36. The average Bonchev–Trinajstić information content (AvgIpc) is 2.37. The van der Waals surface area contributed by atoms with Crippen LogP contribution in [0, 0.1) is 5.92 Å². The van der Waals surface area contributed by atoms with Crippen molar-refractivity contribution in [2.75, 3.05) is 6.61 Å². The largest absolute Gasteiger partial charge is 0.475 e. The average molecular weight is 280 g/mol. The molecule has 1 aromatic rings. The van der Waals surface area contributed by atoms with E-state index in [4.69, 9.17) is 9.84 Å². The maximum Gasteiger partial charge on any atom is 0.270 e. The Morgan fingerprint density at radius 1 is 1.35 bits per heavy atom. The third kappa shape index (κ3) is 5.17. The van der Waals surface area contributed by atoms with Crippen LogP contribution >= 0.6 is 0 Å². The summed E-state index contributed by atoms with van der Waals surface area (Å²) < 4.78 is 5.47. The van der Waals surface area contributed by atoms with E-state index < -0.39 is 0 Å². The number of pyridine rings is 1. The number of carbonyl (C=O) groups excluding carboxylic acids is 1. The molecule has 20 heavy (non-hydrogen) atoms. The quantitative estimate of drug-likeness (QED) is 0.801. The highest BCUT2D eigenvalue weighted by Gasteiger charge is 2.17. The summed E-state index contributed by atoms with van der Waals surface area (Å²) in [7, 11) is 0. The molecule has 1 unspecified atom stereocenters. The summed E-state index contributed by atoms with van der Waals surface area (Å²) in [5, 5.41) is 11.9. The van der Waals surface area contributed by atoms with Crippen LogP contribution in [0.3, 0.4) is 0 Å². The highest BCUT2D eigenvalue weighted by Crippen LogP contribution is 2.11. The second-order valence-corrected chi connectivity index (χ2v) is 5.36. The fourth-order valence-corrected chi connectivity index (χ4v) is 1.80. The van der Waals surface area contributed by atoms with Gasteiger partial charge in [0.2, 0.25) is 5.88 Å². The monoisotopic (exact) mass is 280 g/mol. The van der Waals surface area contributed by atoms with E-state index in [0.717, 1.165) is 0 Å². The molecule has 0 bridgehead atoms. The van der Waals surface area contributed by atoms with E-state index in [9.17, 15) is 4.79 Å². The normalized spacial score (nSPS) is 12.6. The number of ether oxygens (including phenoxy) is 1. The molecule has 5 nitrogen and oxygen atoms in total. The minimum absolute atomic E-state index is 0.0126. The molecule has 0 aliphatic rings. The summed E-state index contributed by atoms with van der Waals surface area (Å²) in [6.45, 7) is 7.88.